The van der Waals surface area contributed by atoms with Crippen LogP contribution in [0.4, 0.5) is 0 Å². The first kappa shape index (κ1) is 14.4. The van der Waals surface area contributed by atoms with Crippen molar-refractivity contribution in [2.24, 2.45) is 0 Å². The van der Waals surface area contributed by atoms with Crippen LogP contribution < -0.4 is 5.32 Å². The van der Waals surface area contributed by atoms with Gasteiger partial charge in [0.2, 0.25) is 11.1 Å². The molecule has 100 valence electrons. The zero-order chi connectivity index (χ0) is 13.5. The van der Waals surface area contributed by atoms with Gasteiger partial charge in [-0.25, -0.2) is 4.68 Å². The second-order valence-corrected chi connectivity index (χ2v) is 4.66. The van der Waals surface area contributed by atoms with E-state index in [1.54, 1.807) is 6.92 Å². The van der Waals surface area contributed by atoms with Crippen molar-refractivity contribution < 1.29 is 14.3 Å². The number of esters is 1. The first-order chi connectivity index (χ1) is 8.58. The Labute approximate surface area is 108 Å². The SMILES string of the molecule is CCNC(=O)C(C)Sc1nnnn1CC(=O)OC. The van der Waals surface area contributed by atoms with Crippen molar-refractivity contribution in [2.45, 2.75) is 30.8 Å². The maximum atomic E-state index is 11.6. The third-order valence-corrected chi connectivity index (χ3v) is 3.08. The normalized spacial score (nSPS) is 11.9. The zero-order valence-corrected chi connectivity index (χ0v) is 11.2. The molecule has 0 aliphatic rings. The molecule has 1 amide bonds. The summed E-state index contributed by atoms with van der Waals surface area (Å²) < 4.78 is 5.82. The number of carbonyl (C=O) groups is 2. The predicted octanol–water partition coefficient (Wildman–Crippen LogP) is -0.537. The quantitative estimate of drug-likeness (QED) is 0.549. The predicted molar refractivity (Wildman–Crippen MR) is 63.8 cm³/mol. The van der Waals surface area contributed by atoms with Gasteiger partial charge in [-0.05, 0) is 24.3 Å². The average Bonchev–Trinajstić information content (AvgIpc) is 2.76. The van der Waals surface area contributed by atoms with E-state index in [0.717, 1.165) is 0 Å². The van der Waals surface area contributed by atoms with E-state index in [2.05, 4.69) is 25.6 Å². The van der Waals surface area contributed by atoms with Crippen LogP contribution in [0.15, 0.2) is 5.16 Å². The highest BCUT2D eigenvalue weighted by Crippen LogP contribution is 2.19. The molecule has 0 spiro atoms. The molecule has 1 N–H and O–H groups in total. The van der Waals surface area contributed by atoms with Crippen LogP contribution in [0.3, 0.4) is 0 Å². The minimum atomic E-state index is -0.449. The Bertz CT molecular complexity index is 422. The molecule has 1 rings (SSSR count). The van der Waals surface area contributed by atoms with Crippen LogP contribution in [0, 0.1) is 0 Å². The number of aromatic nitrogens is 4. The Morgan fingerprint density at radius 3 is 2.89 bits per heavy atom. The standard InChI is InChI=1S/C9H15N5O3S/c1-4-10-8(16)6(2)18-9-11-12-13-14(9)5-7(15)17-3/h6H,4-5H2,1-3H3,(H,10,16). The molecule has 0 saturated carbocycles. The van der Waals surface area contributed by atoms with Crippen molar-refractivity contribution >= 4 is 23.6 Å². The number of nitrogens with zero attached hydrogens (tertiary/aromatic N) is 4. The number of rotatable bonds is 6. The Kier molecular flexibility index (Phi) is 5.56. The van der Waals surface area contributed by atoms with Gasteiger partial charge in [0, 0.05) is 6.54 Å². The third-order valence-electron chi connectivity index (χ3n) is 2.01. The van der Waals surface area contributed by atoms with Crippen molar-refractivity contribution in [3.63, 3.8) is 0 Å². The number of hydrogen-bond donors (Lipinski definition) is 1. The Morgan fingerprint density at radius 2 is 2.28 bits per heavy atom. The molecule has 0 aliphatic heterocycles. The summed E-state index contributed by atoms with van der Waals surface area (Å²) in [7, 11) is 1.29. The van der Waals surface area contributed by atoms with E-state index >= 15 is 0 Å². The molecule has 0 fully saturated rings. The minimum absolute atomic E-state index is 0.0754. The van der Waals surface area contributed by atoms with Crippen LogP contribution in [-0.4, -0.2) is 51.0 Å². The van der Waals surface area contributed by atoms with Gasteiger partial charge in [-0.1, -0.05) is 11.8 Å². The largest absolute Gasteiger partial charge is 0.468 e. The van der Waals surface area contributed by atoms with Crippen molar-refractivity contribution in [3.05, 3.63) is 0 Å². The number of amides is 1. The molecule has 0 aliphatic carbocycles. The van der Waals surface area contributed by atoms with Gasteiger partial charge >= 0.3 is 5.97 Å². The zero-order valence-electron chi connectivity index (χ0n) is 10.4. The van der Waals surface area contributed by atoms with E-state index in [4.69, 9.17) is 0 Å². The molecule has 1 atom stereocenters. The average molecular weight is 273 g/mol. The molecule has 0 aromatic carbocycles. The summed E-state index contributed by atoms with van der Waals surface area (Å²) in [6.07, 6.45) is 0. The number of carbonyl (C=O) groups excluding carboxylic acids is 2. The lowest BCUT2D eigenvalue weighted by Gasteiger charge is -2.09. The highest BCUT2D eigenvalue weighted by atomic mass is 32.2. The lowest BCUT2D eigenvalue weighted by molar-refractivity contribution is -0.141. The molecule has 8 nitrogen and oxygen atoms in total. The number of thioether (sulfide) groups is 1. The van der Waals surface area contributed by atoms with E-state index < -0.39 is 5.97 Å². The molecule has 1 heterocycles. The van der Waals surface area contributed by atoms with E-state index in [1.165, 1.54) is 23.6 Å². The molecular formula is C9H15N5O3S. The van der Waals surface area contributed by atoms with Crippen LogP contribution in [0.2, 0.25) is 0 Å². The molecule has 0 bridgehead atoms. The maximum absolute atomic E-state index is 11.6. The summed E-state index contributed by atoms with van der Waals surface area (Å²) >= 11 is 1.18. The first-order valence-corrected chi connectivity index (χ1v) is 6.23. The molecule has 18 heavy (non-hydrogen) atoms. The minimum Gasteiger partial charge on any atom is -0.468 e. The second-order valence-electron chi connectivity index (χ2n) is 3.35. The Balaban J connectivity index is 2.64. The fraction of sp³-hybridized carbons (Fsp3) is 0.667. The number of methoxy groups -OCH3 is 1. The molecule has 1 aromatic heterocycles. The molecule has 0 saturated heterocycles. The van der Waals surface area contributed by atoms with Gasteiger partial charge in [0.15, 0.2) is 0 Å². The van der Waals surface area contributed by atoms with Crippen molar-refractivity contribution in [1.82, 2.24) is 25.5 Å². The summed E-state index contributed by atoms with van der Waals surface area (Å²) in [4.78, 5) is 22.7. The third kappa shape index (κ3) is 3.99. The Morgan fingerprint density at radius 1 is 1.56 bits per heavy atom. The summed E-state index contributed by atoms with van der Waals surface area (Å²) in [6, 6.07) is 0. The van der Waals surface area contributed by atoms with Crippen LogP contribution in [0.1, 0.15) is 13.8 Å². The number of hydrogen-bond acceptors (Lipinski definition) is 7. The summed E-state index contributed by atoms with van der Waals surface area (Å²) in [6.45, 7) is 4.08. The smallest absolute Gasteiger partial charge is 0.327 e. The fourth-order valence-corrected chi connectivity index (χ4v) is 1.91. The van der Waals surface area contributed by atoms with Gasteiger partial charge in [0.05, 0.1) is 12.4 Å². The van der Waals surface area contributed by atoms with Crippen LogP contribution in [0.25, 0.3) is 0 Å². The summed E-state index contributed by atoms with van der Waals surface area (Å²) in [5.74, 6) is -0.551. The van der Waals surface area contributed by atoms with Crippen molar-refractivity contribution in [3.8, 4) is 0 Å². The maximum Gasteiger partial charge on any atom is 0.327 e. The van der Waals surface area contributed by atoms with Crippen molar-refractivity contribution in [1.29, 1.82) is 0 Å². The van der Waals surface area contributed by atoms with Crippen molar-refractivity contribution in [2.75, 3.05) is 13.7 Å². The number of nitrogens with one attached hydrogen (secondary N) is 1. The monoisotopic (exact) mass is 273 g/mol. The second kappa shape index (κ2) is 6.94. The lowest BCUT2D eigenvalue weighted by Crippen LogP contribution is -2.30. The van der Waals surface area contributed by atoms with Gasteiger partial charge in [0.25, 0.3) is 0 Å². The van der Waals surface area contributed by atoms with E-state index in [9.17, 15) is 9.59 Å². The fourth-order valence-electron chi connectivity index (χ4n) is 1.10. The van der Waals surface area contributed by atoms with Gasteiger partial charge in [0.1, 0.15) is 6.54 Å². The molecule has 1 aromatic rings. The van der Waals surface area contributed by atoms with E-state index in [1.807, 2.05) is 6.92 Å². The van der Waals surface area contributed by atoms with Gasteiger partial charge in [-0.2, -0.15) is 0 Å². The molecule has 1 unspecified atom stereocenters. The first-order valence-electron chi connectivity index (χ1n) is 5.35. The molecule has 9 heteroatoms. The summed E-state index contributed by atoms with van der Waals surface area (Å²) in [5.41, 5.74) is 0. The van der Waals surface area contributed by atoms with Gasteiger partial charge in [-0.3, -0.25) is 9.59 Å². The Hall–Kier alpha value is -1.64. The highest BCUT2D eigenvalue weighted by molar-refractivity contribution is 8.00. The number of tetrazole rings is 1. The van der Waals surface area contributed by atoms with Crippen LogP contribution >= 0.6 is 11.8 Å². The lowest BCUT2D eigenvalue weighted by atomic mass is 10.4. The van der Waals surface area contributed by atoms with E-state index in [-0.39, 0.29) is 17.7 Å². The topological polar surface area (TPSA) is 99.0 Å². The van der Waals surface area contributed by atoms with E-state index in [0.29, 0.717) is 11.7 Å². The highest BCUT2D eigenvalue weighted by Gasteiger charge is 2.18. The molecular weight excluding hydrogens is 258 g/mol. The molecule has 0 radical (unpaired) electrons. The van der Waals surface area contributed by atoms with Gasteiger partial charge in [-0.15, -0.1) is 5.10 Å². The van der Waals surface area contributed by atoms with Crippen LogP contribution in [-0.2, 0) is 20.9 Å². The summed E-state index contributed by atoms with van der Waals surface area (Å²) in [5, 5.41) is 13.7. The number of ether oxygens (including phenoxy) is 1. The van der Waals surface area contributed by atoms with Crippen LogP contribution in [0.5, 0.6) is 0 Å². The van der Waals surface area contributed by atoms with Gasteiger partial charge < -0.3 is 10.1 Å².